The number of aliphatic hydroxyl groups excluding tert-OH is 2. The Kier molecular flexibility index (Phi) is 7.29. The minimum Gasteiger partial charge on any atom is -0.390 e. The Balaban J connectivity index is 1.62. The Hall–Kier alpha value is -3.87. The van der Waals surface area contributed by atoms with E-state index >= 15 is 0 Å². The van der Waals surface area contributed by atoms with Gasteiger partial charge in [-0.05, 0) is 30.3 Å². The molecule has 188 valence electrons. The SMILES string of the molecule is NC(=O)CC1OC(c2ccncc2NC(=O)c2ccc(F)c(-c3c(F)cccc3F)n2)CC(O)C1O. The largest absolute Gasteiger partial charge is 0.390 e. The first-order valence-corrected chi connectivity index (χ1v) is 10.8. The molecule has 2 amide bonds. The van der Waals surface area contributed by atoms with Crippen LogP contribution in [0.15, 0.2) is 48.8 Å². The monoisotopic (exact) mass is 502 g/mol. The molecular formula is C24H21F3N4O5. The zero-order valence-corrected chi connectivity index (χ0v) is 18.6. The van der Waals surface area contributed by atoms with Gasteiger partial charge < -0.3 is 26.0 Å². The van der Waals surface area contributed by atoms with Crippen LogP contribution in [0.2, 0.25) is 0 Å². The predicted octanol–water partition coefficient (Wildman–Crippen LogP) is 2.24. The van der Waals surface area contributed by atoms with Gasteiger partial charge in [-0.15, -0.1) is 0 Å². The normalized spacial score (nSPS) is 21.7. The number of amides is 2. The second kappa shape index (κ2) is 10.4. The van der Waals surface area contributed by atoms with Gasteiger partial charge in [0.05, 0.1) is 42.2 Å². The number of ether oxygens (including phenoxy) is 1. The molecule has 36 heavy (non-hydrogen) atoms. The maximum atomic E-state index is 14.4. The van der Waals surface area contributed by atoms with Crippen molar-refractivity contribution in [2.45, 2.75) is 37.3 Å². The minimum absolute atomic E-state index is 0.0607. The summed E-state index contributed by atoms with van der Waals surface area (Å²) in [7, 11) is 0. The standard InChI is InChI=1S/C24H21F3N4O5/c25-12-2-1-3-13(26)21(12)22-14(27)4-5-15(30-22)24(35)31-16-10-29-7-6-11(16)18-8-17(32)23(34)19(36-18)9-20(28)33/h1-7,10,17-19,23,32,34H,8-9H2,(H2,28,33)(H,31,35). The first-order chi connectivity index (χ1) is 17.2. The number of hydrogen-bond donors (Lipinski definition) is 4. The number of primary amides is 1. The number of pyridine rings is 2. The third-order valence-corrected chi connectivity index (χ3v) is 5.70. The molecule has 0 radical (unpaired) electrons. The van der Waals surface area contributed by atoms with Crippen LogP contribution in [0, 0.1) is 17.5 Å². The summed E-state index contributed by atoms with van der Waals surface area (Å²) in [6.45, 7) is 0. The van der Waals surface area contributed by atoms with Gasteiger partial charge in [-0.3, -0.25) is 14.6 Å². The molecule has 3 heterocycles. The van der Waals surface area contributed by atoms with E-state index in [0.717, 1.165) is 30.3 Å². The number of aliphatic hydroxyl groups is 2. The molecule has 4 atom stereocenters. The van der Waals surface area contributed by atoms with E-state index in [2.05, 4.69) is 15.3 Å². The second-order valence-electron chi connectivity index (χ2n) is 8.17. The maximum absolute atomic E-state index is 14.4. The predicted molar refractivity (Wildman–Crippen MR) is 120 cm³/mol. The Morgan fingerprint density at radius 3 is 2.50 bits per heavy atom. The number of aromatic nitrogens is 2. The van der Waals surface area contributed by atoms with E-state index in [9.17, 15) is 33.0 Å². The quantitative estimate of drug-likeness (QED) is 0.404. The van der Waals surface area contributed by atoms with Crippen molar-refractivity contribution in [3.05, 3.63) is 77.5 Å². The van der Waals surface area contributed by atoms with Crippen molar-refractivity contribution >= 4 is 17.5 Å². The minimum atomic E-state index is -1.34. The van der Waals surface area contributed by atoms with Crippen molar-refractivity contribution in [3.8, 4) is 11.3 Å². The molecule has 0 aliphatic carbocycles. The van der Waals surface area contributed by atoms with Gasteiger partial charge in [0.2, 0.25) is 5.91 Å². The third kappa shape index (κ3) is 5.20. The molecule has 2 aromatic heterocycles. The molecule has 4 unspecified atom stereocenters. The van der Waals surface area contributed by atoms with Crippen LogP contribution in [0.5, 0.6) is 0 Å². The van der Waals surface area contributed by atoms with Gasteiger partial charge >= 0.3 is 0 Å². The van der Waals surface area contributed by atoms with Crippen molar-refractivity contribution < 1.29 is 37.7 Å². The molecule has 0 bridgehead atoms. The summed E-state index contributed by atoms with van der Waals surface area (Å²) in [6, 6.07) is 6.41. The number of hydrogen-bond acceptors (Lipinski definition) is 7. The number of benzene rings is 1. The first-order valence-electron chi connectivity index (χ1n) is 10.8. The van der Waals surface area contributed by atoms with E-state index in [4.69, 9.17) is 10.5 Å². The highest BCUT2D eigenvalue weighted by molar-refractivity contribution is 6.03. The van der Waals surface area contributed by atoms with Gasteiger partial charge in [0.15, 0.2) is 0 Å². The molecule has 1 fully saturated rings. The molecule has 9 nitrogen and oxygen atoms in total. The first kappa shape index (κ1) is 25.2. The summed E-state index contributed by atoms with van der Waals surface area (Å²) in [5.41, 5.74) is 3.97. The summed E-state index contributed by atoms with van der Waals surface area (Å²) in [4.78, 5) is 32.0. The van der Waals surface area contributed by atoms with Crippen molar-refractivity contribution in [2.75, 3.05) is 5.32 Å². The van der Waals surface area contributed by atoms with Crippen molar-refractivity contribution in [3.63, 3.8) is 0 Å². The summed E-state index contributed by atoms with van der Waals surface area (Å²) in [5, 5.41) is 22.9. The van der Waals surface area contributed by atoms with Crippen LogP contribution in [0.1, 0.15) is 35.0 Å². The molecule has 1 aliphatic heterocycles. The zero-order chi connectivity index (χ0) is 26.0. The number of anilines is 1. The molecule has 0 saturated carbocycles. The van der Waals surface area contributed by atoms with E-state index in [1.54, 1.807) is 0 Å². The van der Waals surface area contributed by atoms with E-state index in [-0.39, 0.29) is 24.2 Å². The van der Waals surface area contributed by atoms with Crippen LogP contribution in [-0.2, 0) is 9.53 Å². The van der Waals surface area contributed by atoms with Gasteiger partial charge in [0.1, 0.15) is 34.9 Å². The Bertz CT molecular complexity index is 1290. The van der Waals surface area contributed by atoms with Crippen LogP contribution < -0.4 is 11.1 Å². The van der Waals surface area contributed by atoms with Crippen LogP contribution in [-0.4, -0.2) is 50.3 Å². The topological polar surface area (TPSA) is 148 Å². The summed E-state index contributed by atoms with van der Waals surface area (Å²) < 4.78 is 48.5. The van der Waals surface area contributed by atoms with E-state index in [0.29, 0.717) is 5.56 Å². The van der Waals surface area contributed by atoms with E-state index in [1.165, 1.54) is 18.5 Å². The Morgan fingerprint density at radius 2 is 1.81 bits per heavy atom. The van der Waals surface area contributed by atoms with E-state index in [1.807, 2.05) is 0 Å². The molecule has 1 aromatic carbocycles. The number of nitrogens with one attached hydrogen (secondary N) is 1. The number of nitrogens with two attached hydrogens (primary N) is 1. The van der Waals surface area contributed by atoms with Crippen molar-refractivity contribution in [2.24, 2.45) is 5.73 Å². The third-order valence-electron chi connectivity index (χ3n) is 5.70. The molecule has 1 aliphatic rings. The number of carbonyl (C=O) groups excluding carboxylic acids is 2. The summed E-state index contributed by atoms with van der Waals surface area (Å²) in [6.07, 6.45) is -2.20. The second-order valence-corrected chi connectivity index (χ2v) is 8.17. The van der Waals surface area contributed by atoms with Crippen molar-refractivity contribution in [1.29, 1.82) is 0 Å². The summed E-state index contributed by atoms with van der Waals surface area (Å²) in [5.74, 6) is -4.70. The zero-order valence-electron chi connectivity index (χ0n) is 18.6. The highest BCUT2D eigenvalue weighted by atomic mass is 19.1. The van der Waals surface area contributed by atoms with E-state index < -0.39 is 64.9 Å². The average Bonchev–Trinajstić information content (AvgIpc) is 2.83. The molecule has 1 saturated heterocycles. The van der Waals surface area contributed by atoms with Crippen molar-refractivity contribution in [1.82, 2.24) is 9.97 Å². The maximum Gasteiger partial charge on any atom is 0.274 e. The highest BCUT2D eigenvalue weighted by Crippen LogP contribution is 2.36. The van der Waals surface area contributed by atoms with Crippen LogP contribution in [0.4, 0.5) is 18.9 Å². The van der Waals surface area contributed by atoms with Crippen LogP contribution in [0.25, 0.3) is 11.3 Å². The van der Waals surface area contributed by atoms with Crippen LogP contribution in [0.3, 0.4) is 0 Å². The fourth-order valence-corrected chi connectivity index (χ4v) is 3.97. The fraction of sp³-hybridized carbons (Fsp3) is 0.250. The van der Waals surface area contributed by atoms with Crippen LogP contribution >= 0.6 is 0 Å². The lowest BCUT2D eigenvalue weighted by molar-refractivity contribution is -0.174. The molecular weight excluding hydrogens is 481 g/mol. The molecule has 4 rings (SSSR count). The highest BCUT2D eigenvalue weighted by Gasteiger charge is 2.39. The number of rotatable bonds is 6. The Morgan fingerprint density at radius 1 is 1.08 bits per heavy atom. The Labute approximate surface area is 202 Å². The number of halogens is 3. The van der Waals surface area contributed by atoms with Gasteiger partial charge in [-0.25, -0.2) is 18.2 Å². The molecule has 12 heteroatoms. The molecule has 3 aromatic rings. The van der Waals surface area contributed by atoms with Gasteiger partial charge in [-0.1, -0.05) is 6.07 Å². The van der Waals surface area contributed by atoms with Gasteiger partial charge in [-0.2, -0.15) is 0 Å². The van der Waals surface area contributed by atoms with Gasteiger partial charge in [0.25, 0.3) is 5.91 Å². The lowest BCUT2D eigenvalue weighted by Crippen LogP contribution is -2.47. The summed E-state index contributed by atoms with van der Waals surface area (Å²) >= 11 is 0. The smallest absolute Gasteiger partial charge is 0.274 e. The lowest BCUT2D eigenvalue weighted by atomic mass is 9.92. The fourth-order valence-electron chi connectivity index (χ4n) is 3.97. The lowest BCUT2D eigenvalue weighted by Gasteiger charge is -2.37. The molecule has 0 spiro atoms. The average molecular weight is 502 g/mol. The number of carbonyl (C=O) groups is 2. The number of nitrogens with zero attached hydrogens (tertiary/aromatic N) is 2. The molecule has 5 N–H and O–H groups in total. The van der Waals surface area contributed by atoms with Gasteiger partial charge in [0, 0.05) is 18.2 Å².